The van der Waals surface area contributed by atoms with E-state index in [0.717, 1.165) is 30.2 Å². The van der Waals surface area contributed by atoms with Crippen LogP contribution in [0.5, 0.6) is 0 Å². The minimum absolute atomic E-state index is 0.257. The van der Waals surface area contributed by atoms with E-state index >= 15 is 0 Å². The van der Waals surface area contributed by atoms with Crippen molar-refractivity contribution in [3.05, 3.63) is 65.4 Å². The highest BCUT2D eigenvalue weighted by Crippen LogP contribution is 2.26. The van der Waals surface area contributed by atoms with E-state index < -0.39 is 0 Å². The molecule has 2 aromatic carbocycles. The SMILES string of the molecule is C#CC[n+]1c2c(cc3cc(NC(=O)c4cccc(NC(=O)SOC)c4)ccc31)CCC2. The second-order valence-electron chi connectivity index (χ2n) is 7.23. The third kappa shape index (κ3) is 4.55. The Morgan fingerprint density at radius 2 is 1.97 bits per heavy atom. The van der Waals surface area contributed by atoms with Gasteiger partial charge in [-0.1, -0.05) is 6.07 Å². The highest BCUT2D eigenvalue weighted by molar-refractivity contribution is 8.09. The van der Waals surface area contributed by atoms with Crippen LogP contribution < -0.4 is 15.2 Å². The van der Waals surface area contributed by atoms with Gasteiger partial charge in [0.05, 0.1) is 19.2 Å². The molecule has 0 radical (unpaired) electrons. The number of benzene rings is 2. The first kappa shape index (κ1) is 20.9. The molecule has 0 unspecified atom stereocenters. The quantitative estimate of drug-likeness (QED) is 0.358. The van der Waals surface area contributed by atoms with Crippen LogP contribution in [0.2, 0.25) is 0 Å². The minimum atomic E-state index is -0.359. The van der Waals surface area contributed by atoms with Crippen molar-refractivity contribution in [2.24, 2.45) is 0 Å². The Balaban J connectivity index is 1.58. The number of nitrogens with zero attached hydrogens (tertiary/aromatic N) is 1. The number of pyridine rings is 1. The molecule has 0 saturated heterocycles. The summed E-state index contributed by atoms with van der Waals surface area (Å²) in [7, 11) is 1.42. The monoisotopic (exact) mass is 432 g/mol. The smallest absolute Gasteiger partial charge is 0.310 e. The number of terminal acetylenes is 1. The second-order valence-corrected chi connectivity index (χ2v) is 8.10. The number of anilines is 2. The van der Waals surface area contributed by atoms with E-state index in [1.54, 1.807) is 24.3 Å². The second kappa shape index (κ2) is 9.21. The summed E-state index contributed by atoms with van der Waals surface area (Å²) in [5.41, 5.74) is 5.36. The molecule has 7 heteroatoms. The van der Waals surface area contributed by atoms with Gasteiger partial charge in [0, 0.05) is 40.4 Å². The first-order chi connectivity index (χ1) is 15.1. The maximum atomic E-state index is 12.8. The zero-order valence-electron chi connectivity index (χ0n) is 17.1. The number of fused-ring (bicyclic) bond motifs is 2. The predicted octanol–water partition coefficient (Wildman–Crippen LogP) is 4.33. The molecule has 6 nitrogen and oxygen atoms in total. The number of hydrogen-bond donors (Lipinski definition) is 2. The fraction of sp³-hybridized carbons (Fsp3) is 0.208. The van der Waals surface area contributed by atoms with Crippen LogP contribution in [-0.2, 0) is 23.6 Å². The number of aryl methyl sites for hydroxylation is 1. The fourth-order valence-electron chi connectivity index (χ4n) is 3.97. The zero-order valence-corrected chi connectivity index (χ0v) is 17.9. The van der Waals surface area contributed by atoms with E-state index in [1.165, 1.54) is 18.4 Å². The molecule has 31 heavy (non-hydrogen) atoms. The first-order valence-corrected chi connectivity index (χ1v) is 10.7. The Morgan fingerprint density at radius 3 is 2.77 bits per heavy atom. The number of hydrogen-bond acceptors (Lipinski definition) is 4. The Bertz CT molecular complexity index is 1220. The molecule has 156 valence electrons. The summed E-state index contributed by atoms with van der Waals surface area (Å²) in [6, 6.07) is 14.8. The number of amides is 2. The Labute approximate surface area is 185 Å². The minimum Gasteiger partial charge on any atom is -0.322 e. The molecule has 1 heterocycles. The molecule has 0 saturated carbocycles. The van der Waals surface area contributed by atoms with Crippen LogP contribution in [0.1, 0.15) is 28.0 Å². The van der Waals surface area contributed by atoms with Crippen molar-refractivity contribution in [2.45, 2.75) is 25.8 Å². The van der Waals surface area contributed by atoms with Crippen molar-refractivity contribution in [3.8, 4) is 12.3 Å². The topological polar surface area (TPSA) is 71.3 Å². The maximum Gasteiger partial charge on any atom is 0.310 e. The van der Waals surface area contributed by atoms with Crippen molar-refractivity contribution in [1.82, 2.24) is 0 Å². The van der Waals surface area contributed by atoms with E-state index in [4.69, 9.17) is 10.6 Å². The Kier molecular flexibility index (Phi) is 6.21. The third-order valence-electron chi connectivity index (χ3n) is 5.24. The lowest BCUT2D eigenvalue weighted by atomic mass is 10.1. The van der Waals surface area contributed by atoms with Crippen LogP contribution in [0, 0.1) is 12.3 Å². The standard InChI is InChI=1S/C24H21N3O3S/c1-3-12-27-21-9-5-6-16(21)13-18-15-20(10-11-22(18)27)25-23(28)17-7-4-8-19(14-17)26-24(29)31-30-2/h1,4,7-8,10-11,13-15H,5-6,9,12H2,2H3,(H-,25,26,28,29)/p+1. The molecule has 0 fully saturated rings. The summed E-state index contributed by atoms with van der Waals surface area (Å²) < 4.78 is 6.93. The molecule has 3 aromatic rings. The molecule has 1 aliphatic carbocycles. The lowest BCUT2D eigenvalue weighted by Gasteiger charge is -2.10. The summed E-state index contributed by atoms with van der Waals surface area (Å²) >= 11 is 0.692. The van der Waals surface area contributed by atoms with Gasteiger partial charge in [-0.3, -0.25) is 9.59 Å². The summed E-state index contributed by atoms with van der Waals surface area (Å²) in [6.07, 6.45) is 8.83. The van der Waals surface area contributed by atoms with Gasteiger partial charge in [-0.05, 0) is 55.2 Å². The lowest BCUT2D eigenvalue weighted by molar-refractivity contribution is -0.666. The average molecular weight is 433 g/mol. The molecule has 2 N–H and O–H groups in total. The van der Waals surface area contributed by atoms with Gasteiger partial charge in [-0.2, -0.15) is 4.57 Å². The van der Waals surface area contributed by atoms with Gasteiger partial charge in [0.2, 0.25) is 12.1 Å². The number of nitrogens with one attached hydrogen (secondary N) is 2. The van der Waals surface area contributed by atoms with Gasteiger partial charge >= 0.3 is 5.24 Å². The van der Waals surface area contributed by atoms with Crippen molar-refractivity contribution in [3.63, 3.8) is 0 Å². The maximum absolute atomic E-state index is 12.8. The van der Waals surface area contributed by atoms with Gasteiger partial charge in [0.15, 0.2) is 5.69 Å². The van der Waals surface area contributed by atoms with Gasteiger partial charge in [0.25, 0.3) is 5.91 Å². The predicted molar refractivity (Wildman–Crippen MR) is 123 cm³/mol. The molecule has 1 aliphatic rings. The Morgan fingerprint density at radius 1 is 1.13 bits per heavy atom. The van der Waals surface area contributed by atoms with Crippen LogP contribution in [0.15, 0.2) is 48.5 Å². The normalized spacial score (nSPS) is 12.3. The van der Waals surface area contributed by atoms with Crippen LogP contribution in [0.4, 0.5) is 16.2 Å². The van der Waals surface area contributed by atoms with E-state index in [2.05, 4.69) is 27.2 Å². The van der Waals surface area contributed by atoms with Gasteiger partial charge < -0.3 is 14.8 Å². The zero-order chi connectivity index (χ0) is 21.8. The molecule has 1 aromatic heterocycles. The number of aromatic nitrogens is 1. The lowest BCUT2D eigenvalue weighted by Crippen LogP contribution is -2.38. The van der Waals surface area contributed by atoms with Crippen molar-refractivity contribution in [2.75, 3.05) is 17.7 Å². The molecule has 2 amide bonds. The van der Waals surface area contributed by atoms with Gasteiger partial charge in [0.1, 0.15) is 0 Å². The fourth-order valence-corrected chi connectivity index (χ4v) is 4.28. The summed E-state index contributed by atoms with van der Waals surface area (Å²) in [5.74, 6) is 2.50. The molecular weight excluding hydrogens is 410 g/mol. The number of carbonyl (C=O) groups is 2. The molecule has 4 rings (SSSR count). The summed E-state index contributed by atoms with van der Waals surface area (Å²) in [6.45, 7) is 0.533. The highest BCUT2D eigenvalue weighted by atomic mass is 32.2. The highest BCUT2D eigenvalue weighted by Gasteiger charge is 2.24. The molecule has 0 aliphatic heterocycles. The van der Waals surface area contributed by atoms with E-state index in [1.807, 2.05) is 18.2 Å². The third-order valence-corrected chi connectivity index (χ3v) is 5.66. The van der Waals surface area contributed by atoms with Crippen LogP contribution in [0.3, 0.4) is 0 Å². The van der Waals surface area contributed by atoms with Crippen LogP contribution in [-0.4, -0.2) is 18.3 Å². The van der Waals surface area contributed by atoms with Crippen molar-refractivity contribution in [1.29, 1.82) is 0 Å². The summed E-state index contributed by atoms with van der Waals surface area (Å²) in [4.78, 5) is 24.5. The molecule has 0 bridgehead atoms. The van der Waals surface area contributed by atoms with Crippen LogP contribution in [0.25, 0.3) is 10.9 Å². The number of carbonyl (C=O) groups excluding carboxylic acids is 2. The van der Waals surface area contributed by atoms with E-state index in [9.17, 15) is 9.59 Å². The average Bonchev–Trinajstić information content (AvgIpc) is 3.22. The molecule has 0 spiro atoms. The molecule has 0 atom stereocenters. The number of rotatable bonds is 5. The van der Waals surface area contributed by atoms with E-state index in [-0.39, 0.29) is 11.1 Å². The van der Waals surface area contributed by atoms with Crippen molar-refractivity contribution < 1.29 is 18.3 Å². The van der Waals surface area contributed by atoms with Gasteiger partial charge in [-0.15, -0.1) is 6.42 Å². The van der Waals surface area contributed by atoms with Gasteiger partial charge in [-0.25, -0.2) is 0 Å². The first-order valence-electron chi connectivity index (χ1n) is 9.94. The molecular formula is C24H22N3O3S+. The van der Waals surface area contributed by atoms with Crippen molar-refractivity contribution >= 4 is 45.5 Å². The van der Waals surface area contributed by atoms with E-state index in [0.29, 0.717) is 35.5 Å². The van der Waals surface area contributed by atoms with Crippen LogP contribution >= 0.6 is 12.0 Å². The summed E-state index contributed by atoms with van der Waals surface area (Å²) in [5, 5.41) is 6.30. The largest absolute Gasteiger partial charge is 0.322 e. The Hall–Kier alpha value is -3.34.